The molecule has 0 saturated heterocycles. The van der Waals surface area contributed by atoms with Crippen molar-refractivity contribution in [3.63, 3.8) is 0 Å². The Morgan fingerprint density at radius 2 is 2.00 bits per heavy atom. The average molecular weight is 469 g/mol. The summed E-state index contributed by atoms with van der Waals surface area (Å²) in [6.45, 7) is 1.98. The Bertz CT molecular complexity index is 622. The largest absolute Gasteiger partial charge is 0.485 e. The fourth-order valence-electron chi connectivity index (χ4n) is 1.53. The Kier molecular flexibility index (Phi) is 5.22. The molecule has 0 saturated carbocycles. The van der Waals surface area contributed by atoms with Gasteiger partial charge in [0.1, 0.15) is 5.75 Å². The minimum absolute atomic E-state index is 0.0320. The van der Waals surface area contributed by atoms with Gasteiger partial charge in [0.15, 0.2) is 6.61 Å². The van der Waals surface area contributed by atoms with Crippen LogP contribution in [0.1, 0.15) is 15.9 Å². The highest BCUT2D eigenvalue weighted by Gasteiger charge is 2.14. The van der Waals surface area contributed by atoms with Crippen LogP contribution in [0.4, 0.5) is 0 Å². The first kappa shape index (κ1) is 15.2. The van der Waals surface area contributed by atoms with Crippen LogP contribution in [-0.4, -0.2) is 12.4 Å². The van der Waals surface area contributed by atoms with E-state index in [1.165, 1.54) is 11.3 Å². The number of halogens is 3. The van der Waals surface area contributed by atoms with Crippen LogP contribution in [0.3, 0.4) is 0 Å². The van der Waals surface area contributed by atoms with E-state index in [0.717, 1.165) is 23.4 Å². The van der Waals surface area contributed by atoms with Crippen molar-refractivity contribution < 1.29 is 9.53 Å². The number of carbonyl (C=O) groups is 1. The molecule has 1 aromatic heterocycles. The molecule has 0 spiro atoms. The standard InChI is InChI=1S/C13H9Br3O2S/c1-7-4-8(14)2-3-11(7)18-6-10(17)9-5-12(15)19-13(9)16/h2-5H,6H2,1H3. The zero-order valence-corrected chi connectivity index (χ0v) is 15.4. The van der Waals surface area contributed by atoms with Crippen LogP contribution in [0.15, 0.2) is 36.3 Å². The van der Waals surface area contributed by atoms with E-state index in [1.54, 1.807) is 6.07 Å². The van der Waals surface area contributed by atoms with E-state index in [1.807, 2.05) is 25.1 Å². The lowest BCUT2D eigenvalue weighted by molar-refractivity contribution is 0.0921. The topological polar surface area (TPSA) is 26.3 Å². The molecule has 0 aliphatic carbocycles. The summed E-state index contributed by atoms with van der Waals surface area (Å²) in [6.07, 6.45) is 0. The van der Waals surface area contributed by atoms with Gasteiger partial charge >= 0.3 is 0 Å². The predicted octanol–water partition coefficient (Wildman–Crippen LogP) is 5.61. The fraction of sp³-hybridized carbons (Fsp3) is 0.154. The molecule has 0 aliphatic heterocycles. The van der Waals surface area contributed by atoms with Crippen LogP contribution in [0.5, 0.6) is 5.75 Å². The summed E-state index contributed by atoms with van der Waals surface area (Å²) in [5.41, 5.74) is 1.64. The quantitative estimate of drug-likeness (QED) is 0.545. The lowest BCUT2D eigenvalue weighted by atomic mass is 10.2. The predicted molar refractivity (Wildman–Crippen MR) is 88.4 cm³/mol. The molecule has 6 heteroatoms. The van der Waals surface area contributed by atoms with Gasteiger partial charge in [0, 0.05) is 10.0 Å². The molecule has 2 nitrogen and oxygen atoms in total. The van der Waals surface area contributed by atoms with Gasteiger partial charge in [0.25, 0.3) is 0 Å². The smallest absolute Gasteiger partial charge is 0.202 e. The third-order valence-electron chi connectivity index (χ3n) is 2.45. The lowest BCUT2D eigenvalue weighted by Gasteiger charge is -2.08. The highest BCUT2D eigenvalue weighted by atomic mass is 79.9. The number of ketones is 1. The summed E-state index contributed by atoms with van der Waals surface area (Å²) in [5.74, 6) is 0.679. The first-order chi connectivity index (χ1) is 8.97. The highest BCUT2D eigenvalue weighted by Crippen LogP contribution is 2.32. The molecule has 1 aromatic carbocycles. The Hall–Kier alpha value is -0.170. The maximum Gasteiger partial charge on any atom is 0.202 e. The second kappa shape index (κ2) is 6.52. The van der Waals surface area contributed by atoms with Crippen molar-refractivity contribution >= 4 is 64.9 Å². The monoisotopic (exact) mass is 466 g/mol. The van der Waals surface area contributed by atoms with Gasteiger partial charge in [-0.3, -0.25) is 4.79 Å². The summed E-state index contributed by atoms with van der Waals surface area (Å²) >= 11 is 11.6. The number of Topliss-reactive ketones (excluding diaryl/α,β-unsaturated/α-hetero) is 1. The molecular weight excluding hydrogens is 460 g/mol. The Morgan fingerprint density at radius 1 is 1.26 bits per heavy atom. The second-order valence-electron chi connectivity index (χ2n) is 3.86. The van der Waals surface area contributed by atoms with Crippen molar-refractivity contribution in [3.8, 4) is 5.75 Å². The molecule has 0 unspecified atom stereocenters. The number of ether oxygens (including phenoxy) is 1. The first-order valence-electron chi connectivity index (χ1n) is 5.34. The van der Waals surface area contributed by atoms with E-state index in [2.05, 4.69) is 47.8 Å². The van der Waals surface area contributed by atoms with Gasteiger partial charge in [-0.25, -0.2) is 0 Å². The van der Waals surface area contributed by atoms with Gasteiger partial charge in [0.05, 0.1) is 7.57 Å². The minimum Gasteiger partial charge on any atom is -0.485 e. The number of benzene rings is 1. The van der Waals surface area contributed by atoms with Crippen molar-refractivity contribution in [1.29, 1.82) is 0 Å². The number of thiophene rings is 1. The van der Waals surface area contributed by atoms with E-state index < -0.39 is 0 Å². The minimum atomic E-state index is -0.0452. The Morgan fingerprint density at radius 3 is 2.58 bits per heavy atom. The summed E-state index contributed by atoms with van der Waals surface area (Å²) in [6, 6.07) is 7.50. The maximum atomic E-state index is 12.1. The number of carbonyl (C=O) groups excluding carboxylic acids is 1. The van der Waals surface area contributed by atoms with Crippen LogP contribution in [0, 0.1) is 6.92 Å². The molecule has 2 rings (SSSR count). The molecule has 0 fully saturated rings. The van der Waals surface area contributed by atoms with Gasteiger partial charge in [-0.2, -0.15) is 0 Å². The second-order valence-corrected chi connectivity index (χ2v) is 8.52. The lowest BCUT2D eigenvalue weighted by Crippen LogP contribution is -2.11. The van der Waals surface area contributed by atoms with Gasteiger partial charge in [-0.1, -0.05) is 15.9 Å². The van der Waals surface area contributed by atoms with E-state index in [-0.39, 0.29) is 12.4 Å². The number of rotatable bonds is 4. The van der Waals surface area contributed by atoms with E-state index in [0.29, 0.717) is 5.56 Å². The number of hydrogen-bond donors (Lipinski definition) is 0. The summed E-state index contributed by atoms with van der Waals surface area (Å²) in [7, 11) is 0. The Labute approximate surface area is 140 Å². The van der Waals surface area contributed by atoms with Crippen molar-refractivity contribution in [2.24, 2.45) is 0 Å². The first-order valence-corrected chi connectivity index (χ1v) is 8.54. The van der Waals surface area contributed by atoms with Crippen LogP contribution in [-0.2, 0) is 0 Å². The fourth-order valence-corrected chi connectivity index (χ4v) is 4.86. The van der Waals surface area contributed by atoms with Gasteiger partial charge in [-0.05, 0) is 68.6 Å². The number of hydrogen-bond acceptors (Lipinski definition) is 3. The summed E-state index contributed by atoms with van der Waals surface area (Å²) < 4.78 is 8.30. The molecule has 0 amide bonds. The molecule has 1 heterocycles. The molecular formula is C13H9Br3O2S. The molecule has 19 heavy (non-hydrogen) atoms. The molecule has 0 radical (unpaired) electrons. The zero-order chi connectivity index (χ0) is 14.0. The molecule has 100 valence electrons. The van der Waals surface area contributed by atoms with Crippen molar-refractivity contribution in [2.75, 3.05) is 6.61 Å². The van der Waals surface area contributed by atoms with Gasteiger partial charge < -0.3 is 4.74 Å². The molecule has 0 bridgehead atoms. The van der Waals surface area contributed by atoms with Crippen LogP contribution in [0.25, 0.3) is 0 Å². The van der Waals surface area contributed by atoms with E-state index in [4.69, 9.17) is 4.74 Å². The Balaban J connectivity index is 2.06. The van der Waals surface area contributed by atoms with Crippen molar-refractivity contribution in [2.45, 2.75) is 6.92 Å². The normalized spacial score (nSPS) is 10.5. The summed E-state index contributed by atoms with van der Waals surface area (Å²) in [4.78, 5) is 12.1. The van der Waals surface area contributed by atoms with E-state index >= 15 is 0 Å². The van der Waals surface area contributed by atoms with Gasteiger partial charge in [-0.15, -0.1) is 11.3 Å². The average Bonchev–Trinajstić information content (AvgIpc) is 2.67. The molecule has 0 aliphatic rings. The van der Waals surface area contributed by atoms with Crippen LogP contribution < -0.4 is 4.74 Å². The third kappa shape index (κ3) is 3.90. The number of aryl methyl sites for hydroxylation is 1. The van der Waals surface area contributed by atoms with Crippen molar-refractivity contribution in [1.82, 2.24) is 0 Å². The SMILES string of the molecule is Cc1cc(Br)ccc1OCC(=O)c1cc(Br)sc1Br. The molecule has 0 atom stereocenters. The van der Waals surface area contributed by atoms with Crippen LogP contribution >= 0.6 is 59.1 Å². The highest BCUT2D eigenvalue weighted by molar-refractivity contribution is 9.12. The molecule has 2 aromatic rings. The molecule has 0 N–H and O–H groups in total. The maximum absolute atomic E-state index is 12.1. The summed E-state index contributed by atoms with van der Waals surface area (Å²) in [5, 5.41) is 0. The van der Waals surface area contributed by atoms with Gasteiger partial charge in [0.2, 0.25) is 5.78 Å². The zero-order valence-electron chi connectivity index (χ0n) is 9.88. The van der Waals surface area contributed by atoms with Crippen LogP contribution in [0.2, 0.25) is 0 Å². The van der Waals surface area contributed by atoms with Crippen molar-refractivity contribution in [3.05, 3.63) is 47.4 Å². The third-order valence-corrected chi connectivity index (χ3v) is 5.29. The van der Waals surface area contributed by atoms with E-state index in [9.17, 15) is 4.79 Å².